The monoisotopic (exact) mass is 425 g/mol. The van der Waals surface area contributed by atoms with Crippen LogP contribution in [0.15, 0.2) is 41.5 Å². The van der Waals surface area contributed by atoms with Gasteiger partial charge in [-0.25, -0.2) is 14.8 Å². The summed E-state index contributed by atoms with van der Waals surface area (Å²) in [6, 6.07) is 8.92. The van der Waals surface area contributed by atoms with Gasteiger partial charge in [-0.3, -0.25) is 4.79 Å². The van der Waals surface area contributed by atoms with Crippen LogP contribution in [0, 0.1) is 0 Å². The molecule has 0 bridgehead atoms. The molecule has 1 amide bonds. The smallest absolute Gasteiger partial charge is 0.407 e. The summed E-state index contributed by atoms with van der Waals surface area (Å²) >= 11 is 0. The molecule has 0 saturated carbocycles. The molecule has 2 aromatic heterocycles. The van der Waals surface area contributed by atoms with Crippen LogP contribution in [0.25, 0.3) is 22.2 Å². The fourth-order valence-electron chi connectivity index (χ4n) is 3.11. The third-order valence-electron chi connectivity index (χ3n) is 4.92. The maximum atomic E-state index is 12.7. The van der Waals surface area contributed by atoms with Crippen molar-refractivity contribution in [2.45, 2.75) is 32.4 Å². The van der Waals surface area contributed by atoms with Gasteiger partial charge in [-0.05, 0) is 32.4 Å². The van der Waals surface area contributed by atoms with E-state index in [0.717, 1.165) is 11.1 Å². The van der Waals surface area contributed by atoms with Crippen molar-refractivity contribution in [3.63, 3.8) is 0 Å². The summed E-state index contributed by atoms with van der Waals surface area (Å²) in [5, 5.41) is 16.4. The van der Waals surface area contributed by atoms with Crippen molar-refractivity contribution >= 4 is 22.8 Å². The van der Waals surface area contributed by atoms with Crippen molar-refractivity contribution in [1.82, 2.24) is 19.9 Å². The van der Waals surface area contributed by atoms with Gasteiger partial charge < -0.3 is 25.0 Å². The normalized spacial score (nSPS) is 12.5. The van der Waals surface area contributed by atoms with Gasteiger partial charge in [0.15, 0.2) is 0 Å². The minimum absolute atomic E-state index is 0.225. The summed E-state index contributed by atoms with van der Waals surface area (Å²) in [5.74, 6) is 0.381. The van der Waals surface area contributed by atoms with Crippen molar-refractivity contribution in [3.8, 4) is 11.3 Å². The van der Waals surface area contributed by atoms with E-state index in [9.17, 15) is 14.7 Å². The van der Waals surface area contributed by atoms with E-state index in [-0.39, 0.29) is 11.6 Å². The fourth-order valence-corrected chi connectivity index (χ4v) is 3.11. The van der Waals surface area contributed by atoms with Crippen LogP contribution < -0.4 is 16.2 Å². The number of aromatic nitrogens is 3. The minimum atomic E-state index is -0.946. The highest BCUT2D eigenvalue weighted by Crippen LogP contribution is 2.27. The number of rotatable bonds is 6. The molecule has 164 valence electrons. The van der Waals surface area contributed by atoms with Crippen molar-refractivity contribution in [2.75, 3.05) is 19.0 Å². The van der Waals surface area contributed by atoms with E-state index in [2.05, 4.69) is 25.3 Å². The molecule has 0 unspecified atom stereocenters. The Morgan fingerprint density at radius 3 is 2.58 bits per heavy atom. The number of hydrogen-bond donors (Lipinski definition) is 3. The minimum Gasteiger partial charge on any atom is -0.453 e. The van der Waals surface area contributed by atoms with Gasteiger partial charge in [0.1, 0.15) is 11.2 Å². The average Bonchev–Trinajstić information content (AvgIpc) is 2.73. The average molecular weight is 425 g/mol. The highest BCUT2D eigenvalue weighted by Gasteiger charge is 2.17. The van der Waals surface area contributed by atoms with E-state index in [1.165, 1.54) is 18.0 Å². The van der Waals surface area contributed by atoms with Crippen LogP contribution in [0.1, 0.15) is 26.3 Å². The number of anilines is 1. The van der Waals surface area contributed by atoms with Crippen LogP contribution in [0.5, 0.6) is 0 Å². The molecule has 9 nitrogen and oxygen atoms in total. The van der Waals surface area contributed by atoms with E-state index in [4.69, 9.17) is 0 Å². The third-order valence-corrected chi connectivity index (χ3v) is 4.92. The number of alkyl carbamates (subject to hydrolysis) is 1. The van der Waals surface area contributed by atoms with Crippen LogP contribution in [0.3, 0.4) is 0 Å². The van der Waals surface area contributed by atoms with Crippen LogP contribution >= 0.6 is 0 Å². The summed E-state index contributed by atoms with van der Waals surface area (Å²) in [5.41, 5.74) is 1.57. The first-order valence-electron chi connectivity index (χ1n) is 9.88. The Balaban J connectivity index is 2.02. The molecule has 9 heteroatoms. The second-order valence-corrected chi connectivity index (χ2v) is 7.97. The van der Waals surface area contributed by atoms with Crippen molar-refractivity contribution in [3.05, 3.63) is 52.6 Å². The number of benzene rings is 1. The van der Waals surface area contributed by atoms with Crippen LogP contribution in [-0.2, 0) is 17.4 Å². The molecule has 2 heterocycles. The summed E-state index contributed by atoms with van der Waals surface area (Å²) in [7, 11) is 2.93. The Morgan fingerprint density at radius 1 is 1.29 bits per heavy atom. The van der Waals surface area contributed by atoms with Crippen LogP contribution in [0.4, 0.5) is 10.6 Å². The molecule has 0 spiro atoms. The molecular weight excluding hydrogens is 398 g/mol. The predicted molar refractivity (Wildman–Crippen MR) is 119 cm³/mol. The molecule has 0 aliphatic heterocycles. The zero-order chi connectivity index (χ0) is 22.8. The zero-order valence-corrected chi connectivity index (χ0v) is 18.3. The Bertz CT molecular complexity index is 1150. The lowest BCUT2D eigenvalue weighted by Crippen LogP contribution is -2.37. The largest absolute Gasteiger partial charge is 0.453 e. The quantitative estimate of drug-likeness (QED) is 0.555. The number of hydrogen-bond acceptors (Lipinski definition) is 7. The fraction of sp³-hybridized carbons (Fsp3) is 0.364. The number of carbonyl (C=O) groups excluding carboxylic acids is 1. The topological polar surface area (TPSA) is 118 Å². The molecule has 1 atom stereocenters. The number of aliphatic hydroxyl groups is 1. The highest BCUT2D eigenvalue weighted by atomic mass is 16.5. The van der Waals surface area contributed by atoms with Gasteiger partial charge in [0.25, 0.3) is 5.56 Å². The molecule has 1 aromatic carbocycles. The van der Waals surface area contributed by atoms with Crippen molar-refractivity contribution in [1.29, 1.82) is 0 Å². The maximum absolute atomic E-state index is 12.7. The second-order valence-electron chi connectivity index (χ2n) is 7.97. The molecule has 3 rings (SSSR count). The van der Waals surface area contributed by atoms with Gasteiger partial charge in [0.05, 0.1) is 30.2 Å². The lowest BCUT2D eigenvalue weighted by molar-refractivity contribution is 0.0786. The summed E-state index contributed by atoms with van der Waals surface area (Å²) in [4.78, 5) is 33.2. The number of amides is 1. The molecule has 0 aliphatic rings. The number of methoxy groups -OCH3 is 1. The number of fused-ring (bicyclic) bond motifs is 1. The van der Waals surface area contributed by atoms with Crippen LogP contribution in [0.2, 0.25) is 0 Å². The third kappa shape index (κ3) is 5.00. The van der Waals surface area contributed by atoms with Crippen LogP contribution in [-0.4, -0.2) is 45.4 Å². The number of ether oxygens (including phenoxy) is 1. The zero-order valence-electron chi connectivity index (χ0n) is 18.3. The number of aryl methyl sites for hydroxylation is 1. The van der Waals surface area contributed by atoms with E-state index < -0.39 is 11.7 Å². The number of nitrogens with one attached hydrogen (secondary N) is 2. The Morgan fingerprint density at radius 2 is 1.97 bits per heavy atom. The first-order valence-corrected chi connectivity index (χ1v) is 9.88. The van der Waals surface area contributed by atoms with Gasteiger partial charge in [0.2, 0.25) is 0 Å². The molecule has 0 saturated heterocycles. The molecule has 3 N–H and O–H groups in total. The Hall–Kier alpha value is -3.46. The van der Waals surface area contributed by atoms with Gasteiger partial charge >= 0.3 is 6.09 Å². The summed E-state index contributed by atoms with van der Waals surface area (Å²) < 4.78 is 6.01. The number of carbonyl (C=O) groups is 1. The molecule has 0 radical (unpaired) electrons. The SMILES string of the molecule is COC(=O)N[C@@H](C)CNc1nc(-c2ccc(C(C)(C)O)cc2)cc2ncn(C)c(=O)c12. The summed E-state index contributed by atoms with van der Waals surface area (Å²) in [6.07, 6.45) is 0.933. The van der Waals surface area contributed by atoms with E-state index >= 15 is 0 Å². The summed E-state index contributed by atoms with van der Waals surface area (Å²) in [6.45, 7) is 5.58. The molecule has 0 aliphatic carbocycles. The van der Waals surface area contributed by atoms with Crippen molar-refractivity contribution < 1.29 is 14.6 Å². The Kier molecular flexibility index (Phi) is 6.26. The molecule has 31 heavy (non-hydrogen) atoms. The van der Waals surface area contributed by atoms with Crippen molar-refractivity contribution in [2.24, 2.45) is 7.05 Å². The number of nitrogens with zero attached hydrogens (tertiary/aromatic N) is 3. The maximum Gasteiger partial charge on any atom is 0.407 e. The molecule has 3 aromatic rings. The Labute approximate surface area is 180 Å². The standard InChI is InChI=1S/C22H27N5O4/c1-13(25-21(29)31-5)11-23-19-18-17(24-12-27(4)20(18)28)10-16(26-19)14-6-8-15(9-7-14)22(2,3)30/h6-10,12-13,30H,11H2,1-5H3,(H,23,26)(H,25,29)/t13-/m0/s1. The first-order chi connectivity index (χ1) is 14.6. The molecule has 0 fully saturated rings. The lowest BCUT2D eigenvalue weighted by atomic mass is 9.96. The highest BCUT2D eigenvalue weighted by molar-refractivity contribution is 5.91. The van der Waals surface area contributed by atoms with Gasteiger partial charge in [-0.15, -0.1) is 0 Å². The number of pyridine rings is 1. The van der Waals surface area contributed by atoms with Gasteiger partial charge in [-0.2, -0.15) is 0 Å². The van der Waals surface area contributed by atoms with Gasteiger partial charge in [-0.1, -0.05) is 24.3 Å². The lowest BCUT2D eigenvalue weighted by Gasteiger charge is -2.18. The predicted octanol–water partition coefficient (Wildman–Crippen LogP) is 2.38. The van der Waals surface area contributed by atoms with Gasteiger partial charge in [0, 0.05) is 25.2 Å². The molecular formula is C22H27N5O4. The second kappa shape index (κ2) is 8.73. The van der Waals surface area contributed by atoms with E-state index in [1.54, 1.807) is 27.0 Å². The van der Waals surface area contributed by atoms with E-state index in [1.807, 2.05) is 31.2 Å². The first kappa shape index (κ1) is 22.2. The van der Waals surface area contributed by atoms with E-state index in [0.29, 0.717) is 29.0 Å².